The van der Waals surface area contributed by atoms with Gasteiger partial charge in [-0.15, -0.1) is 0 Å². The smallest absolute Gasteiger partial charge is 0.119 e. The second-order valence-electron chi connectivity index (χ2n) is 6.46. The zero-order chi connectivity index (χ0) is 14.4. The average molecular weight is 276 g/mol. The topological polar surface area (TPSA) is 24.5 Å². The fourth-order valence-corrected chi connectivity index (χ4v) is 2.68. The predicted octanol–water partition coefficient (Wildman–Crippen LogP) is 2.91. The molecule has 112 valence electrons. The predicted molar refractivity (Wildman–Crippen MR) is 84.2 cm³/mol. The van der Waals surface area contributed by atoms with E-state index in [1.807, 2.05) is 0 Å². The van der Waals surface area contributed by atoms with Crippen LogP contribution in [-0.4, -0.2) is 37.7 Å². The quantitative estimate of drug-likeness (QED) is 0.829. The van der Waals surface area contributed by atoms with Gasteiger partial charge in [0.15, 0.2) is 0 Å². The van der Waals surface area contributed by atoms with Crippen LogP contribution in [0.3, 0.4) is 0 Å². The second kappa shape index (κ2) is 7.09. The summed E-state index contributed by atoms with van der Waals surface area (Å²) in [6.07, 6.45) is 1.30. The van der Waals surface area contributed by atoms with Gasteiger partial charge in [-0.05, 0) is 42.6 Å². The Morgan fingerprint density at radius 2 is 2.00 bits per heavy atom. The highest BCUT2D eigenvalue weighted by molar-refractivity contribution is 5.27. The summed E-state index contributed by atoms with van der Waals surface area (Å²) in [6, 6.07) is 8.41. The molecule has 0 saturated carbocycles. The van der Waals surface area contributed by atoms with E-state index in [-0.39, 0.29) is 0 Å². The van der Waals surface area contributed by atoms with Gasteiger partial charge in [0.25, 0.3) is 0 Å². The highest BCUT2D eigenvalue weighted by Crippen LogP contribution is 2.28. The van der Waals surface area contributed by atoms with Gasteiger partial charge in [-0.1, -0.05) is 32.9 Å². The van der Waals surface area contributed by atoms with Crippen LogP contribution in [0.15, 0.2) is 24.3 Å². The summed E-state index contributed by atoms with van der Waals surface area (Å²) < 4.78 is 5.83. The van der Waals surface area contributed by atoms with Crippen molar-refractivity contribution in [3.63, 3.8) is 0 Å². The Balaban J connectivity index is 1.69. The first kappa shape index (κ1) is 15.3. The molecule has 0 spiro atoms. The van der Waals surface area contributed by atoms with Gasteiger partial charge in [-0.3, -0.25) is 4.90 Å². The molecular weight excluding hydrogens is 248 g/mol. The van der Waals surface area contributed by atoms with E-state index < -0.39 is 0 Å². The summed E-state index contributed by atoms with van der Waals surface area (Å²) >= 11 is 0. The molecule has 1 aliphatic rings. The molecule has 1 aromatic carbocycles. The second-order valence-corrected chi connectivity index (χ2v) is 6.46. The van der Waals surface area contributed by atoms with Crippen LogP contribution in [0.2, 0.25) is 0 Å². The van der Waals surface area contributed by atoms with Crippen molar-refractivity contribution in [2.75, 3.05) is 32.8 Å². The Bertz CT molecular complexity index is 400. The number of nitrogens with zero attached hydrogens (tertiary/aromatic N) is 1. The highest BCUT2D eigenvalue weighted by Gasteiger charge is 2.28. The molecule has 1 aromatic rings. The Labute approximate surface area is 123 Å². The van der Waals surface area contributed by atoms with Crippen LogP contribution in [0.25, 0.3) is 0 Å². The number of benzene rings is 1. The zero-order valence-corrected chi connectivity index (χ0v) is 13.1. The van der Waals surface area contributed by atoms with Crippen LogP contribution in [0.1, 0.15) is 32.8 Å². The minimum Gasteiger partial charge on any atom is -0.492 e. The van der Waals surface area contributed by atoms with Crippen LogP contribution in [0.4, 0.5) is 0 Å². The van der Waals surface area contributed by atoms with Crippen molar-refractivity contribution in [2.24, 2.45) is 5.41 Å². The molecule has 0 unspecified atom stereocenters. The third-order valence-corrected chi connectivity index (χ3v) is 3.94. The van der Waals surface area contributed by atoms with Gasteiger partial charge in [0.2, 0.25) is 0 Å². The monoisotopic (exact) mass is 276 g/mol. The van der Waals surface area contributed by atoms with Gasteiger partial charge >= 0.3 is 0 Å². The standard InChI is InChI=1S/C17H28N2O/c1-4-18-13-15-5-7-16(8-6-15)20-12-11-19-10-9-17(2,3)14-19/h5-8,18H,4,9-14H2,1-3H3. The molecule has 0 amide bonds. The van der Waals surface area contributed by atoms with Gasteiger partial charge in [0.1, 0.15) is 12.4 Å². The summed E-state index contributed by atoms with van der Waals surface area (Å²) in [5.74, 6) is 0.976. The zero-order valence-electron chi connectivity index (χ0n) is 13.1. The SMILES string of the molecule is CCNCc1ccc(OCCN2CCC(C)(C)C2)cc1. The lowest BCUT2D eigenvalue weighted by atomic mass is 9.93. The molecule has 2 rings (SSSR count). The van der Waals surface area contributed by atoms with E-state index in [1.165, 1.54) is 25.1 Å². The van der Waals surface area contributed by atoms with Gasteiger partial charge in [0.05, 0.1) is 0 Å². The molecular formula is C17H28N2O. The molecule has 1 N–H and O–H groups in total. The maximum absolute atomic E-state index is 5.83. The first-order valence-electron chi connectivity index (χ1n) is 7.74. The fraction of sp³-hybridized carbons (Fsp3) is 0.647. The van der Waals surface area contributed by atoms with E-state index in [4.69, 9.17) is 4.74 Å². The molecule has 0 radical (unpaired) electrons. The summed E-state index contributed by atoms with van der Waals surface area (Å²) in [5, 5.41) is 3.32. The number of nitrogens with one attached hydrogen (secondary N) is 1. The van der Waals surface area contributed by atoms with Crippen LogP contribution in [-0.2, 0) is 6.54 Å². The Hall–Kier alpha value is -1.06. The summed E-state index contributed by atoms with van der Waals surface area (Å²) in [5.41, 5.74) is 1.79. The lowest BCUT2D eigenvalue weighted by Crippen LogP contribution is -2.27. The van der Waals surface area contributed by atoms with Gasteiger partial charge in [0, 0.05) is 19.6 Å². The molecule has 20 heavy (non-hydrogen) atoms. The summed E-state index contributed by atoms with van der Waals surface area (Å²) in [7, 11) is 0. The van der Waals surface area contributed by atoms with E-state index in [1.54, 1.807) is 0 Å². The molecule has 0 aliphatic carbocycles. The number of ether oxygens (including phenoxy) is 1. The third kappa shape index (κ3) is 4.80. The molecule has 0 bridgehead atoms. The van der Waals surface area contributed by atoms with Crippen LogP contribution >= 0.6 is 0 Å². The lowest BCUT2D eigenvalue weighted by Gasteiger charge is -2.19. The number of likely N-dealkylation sites (tertiary alicyclic amines) is 1. The first-order chi connectivity index (χ1) is 9.59. The van der Waals surface area contributed by atoms with E-state index >= 15 is 0 Å². The normalized spacial score (nSPS) is 18.4. The molecule has 0 aromatic heterocycles. The number of hydrogen-bond donors (Lipinski definition) is 1. The molecule has 1 heterocycles. The van der Waals surface area contributed by atoms with Crippen LogP contribution < -0.4 is 10.1 Å². The summed E-state index contributed by atoms with van der Waals surface area (Å²) in [6.45, 7) is 13.0. The maximum Gasteiger partial charge on any atom is 0.119 e. The molecule has 3 heteroatoms. The lowest BCUT2D eigenvalue weighted by molar-refractivity contribution is 0.222. The van der Waals surface area contributed by atoms with Crippen LogP contribution in [0.5, 0.6) is 5.75 Å². The van der Waals surface area contributed by atoms with Crippen molar-refractivity contribution in [3.05, 3.63) is 29.8 Å². The van der Waals surface area contributed by atoms with Crippen molar-refractivity contribution < 1.29 is 4.74 Å². The van der Waals surface area contributed by atoms with Crippen LogP contribution in [0, 0.1) is 5.41 Å². The summed E-state index contributed by atoms with van der Waals surface area (Å²) in [4.78, 5) is 2.50. The van der Waals surface area contributed by atoms with E-state index in [9.17, 15) is 0 Å². The maximum atomic E-state index is 5.83. The van der Waals surface area contributed by atoms with E-state index in [0.29, 0.717) is 5.41 Å². The fourth-order valence-electron chi connectivity index (χ4n) is 2.68. The van der Waals surface area contributed by atoms with E-state index in [2.05, 4.69) is 55.3 Å². The van der Waals surface area contributed by atoms with Gasteiger partial charge in [-0.25, -0.2) is 0 Å². The number of hydrogen-bond acceptors (Lipinski definition) is 3. The van der Waals surface area contributed by atoms with Crippen molar-refractivity contribution in [3.8, 4) is 5.75 Å². The Morgan fingerprint density at radius 1 is 1.25 bits per heavy atom. The largest absolute Gasteiger partial charge is 0.492 e. The third-order valence-electron chi connectivity index (χ3n) is 3.94. The highest BCUT2D eigenvalue weighted by atomic mass is 16.5. The minimum absolute atomic E-state index is 0.480. The molecule has 1 aliphatic heterocycles. The van der Waals surface area contributed by atoms with Gasteiger partial charge in [-0.2, -0.15) is 0 Å². The number of rotatable bonds is 7. The Kier molecular flexibility index (Phi) is 5.44. The van der Waals surface area contributed by atoms with E-state index in [0.717, 1.165) is 32.0 Å². The minimum atomic E-state index is 0.480. The van der Waals surface area contributed by atoms with Crippen molar-refractivity contribution in [1.82, 2.24) is 10.2 Å². The van der Waals surface area contributed by atoms with Crippen molar-refractivity contribution >= 4 is 0 Å². The Morgan fingerprint density at radius 3 is 2.60 bits per heavy atom. The van der Waals surface area contributed by atoms with Gasteiger partial charge < -0.3 is 10.1 Å². The molecule has 1 saturated heterocycles. The van der Waals surface area contributed by atoms with Crippen molar-refractivity contribution in [2.45, 2.75) is 33.7 Å². The molecule has 1 fully saturated rings. The molecule has 0 atom stereocenters. The molecule has 3 nitrogen and oxygen atoms in total. The van der Waals surface area contributed by atoms with Crippen molar-refractivity contribution in [1.29, 1.82) is 0 Å². The average Bonchev–Trinajstić information content (AvgIpc) is 2.77. The first-order valence-corrected chi connectivity index (χ1v) is 7.74.